The van der Waals surface area contributed by atoms with Gasteiger partial charge < -0.3 is 15.4 Å². The molecule has 3 aliphatic rings. The SMILES string of the molecule is C[C@H]1Cc2c([nH]c3nc(C4CC4)sc23)[C@H](c2c(F)cc(NC3CN(CCCF)C3)cc2F)N1CC(F)(F)CO. The zero-order valence-corrected chi connectivity index (χ0v) is 22.4. The second kappa shape index (κ2) is 10.3. The summed E-state index contributed by atoms with van der Waals surface area (Å²) >= 11 is 1.57. The topological polar surface area (TPSA) is 67.4 Å². The van der Waals surface area contributed by atoms with E-state index < -0.39 is 42.8 Å². The standard InChI is InChI=1S/C27H32F5N5OS/c1-14-7-18-22(34-25-24(18)39-26(35-25)15-3-4-15)23(37(14)12-27(31,32)13-38)21-19(29)8-16(9-20(21)30)33-17-10-36(11-17)6-2-5-28/h8-9,14-15,17,23,33-34,38H,2-7,10-13H2,1H3/t14-,23-/m0/s1. The van der Waals surface area contributed by atoms with E-state index in [1.54, 1.807) is 18.3 Å². The predicted octanol–water partition coefficient (Wildman–Crippen LogP) is 5.20. The third-order valence-electron chi connectivity index (χ3n) is 8.03. The summed E-state index contributed by atoms with van der Waals surface area (Å²) in [5.41, 5.74) is 1.92. The van der Waals surface area contributed by atoms with E-state index in [-0.39, 0.29) is 24.0 Å². The van der Waals surface area contributed by atoms with Crippen molar-refractivity contribution in [2.24, 2.45) is 0 Å². The molecule has 0 unspecified atom stereocenters. The highest BCUT2D eigenvalue weighted by Gasteiger charge is 2.44. The molecule has 0 spiro atoms. The van der Waals surface area contributed by atoms with Crippen LogP contribution in [0.5, 0.6) is 0 Å². The molecule has 2 aliphatic heterocycles. The molecule has 3 N–H and O–H groups in total. The zero-order valence-electron chi connectivity index (χ0n) is 21.6. The van der Waals surface area contributed by atoms with Gasteiger partial charge in [-0.05, 0) is 50.3 Å². The Morgan fingerprint density at radius 1 is 1.21 bits per heavy atom. The first-order chi connectivity index (χ1) is 18.7. The Hall–Kier alpha value is -2.28. The molecular weight excluding hydrogens is 537 g/mol. The van der Waals surface area contributed by atoms with E-state index in [0.29, 0.717) is 49.7 Å². The van der Waals surface area contributed by atoms with Gasteiger partial charge in [0.05, 0.1) is 35.0 Å². The van der Waals surface area contributed by atoms with Crippen molar-refractivity contribution < 1.29 is 27.1 Å². The molecule has 0 amide bonds. The van der Waals surface area contributed by atoms with Crippen LogP contribution in [0.2, 0.25) is 0 Å². The first-order valence-corrected chi connectivity index (χ1v) is 14.3. The fourth-order valence-electron chi connectivity index (χ4n) is 5.89. The molecule has 6 nitrogen and oxygen atoms in total. The van der Waals surface area contributed by atoms with Gasteiger partial charge in [0.15, 0.2) is 0 Å². The number of aromatic nitrogens is 2. The molecule has 2 fully saturated rings. The molecule has 0 bridgehead atoms. The molecular formula is C27H32F5N5OS. The number of likely N-dealkylation sites (tertiary alicyclic amines) is 1. The molecule has 1 saturated heterocycles. The molecule has 12 heteroatoms. The molecule has 39 heavy (non-hydrogen) atoms. The molecule has 2 atom stereocenters. The number of aliphatic hydroxyl groups is 1. The Kier molecular flexibility index (Phi) is 7.10. The summed E-state index contributed by atoms with van der Waals surface area (Å²) in [7, 11) is 0. The second-order valence-electron chi connectivity index (χ2n) is 11.2. The highest BCUT2D eigenvalue weighted by molar-refractivity contribution is 7.18. The Balaban J connectivity index is 1.34. The molecule has 212 valence electrons. The maximum absolute atomic E-state index is 15.8. The average molecular weight is 570 g/mol. The number of nitrogens with one attached hydrogen (secondary N) is 2. The number of benzene rings is 1. The van der Waals surface area contributed by atoms with Crippen LogP contribution in [-0.4, -0.2) is 82.3 Å². The Bertz CT molecular complexity index is 1330. The van der Waals surface area contributed by atoms with Crippen molar-refractivity contribution in [3.05, 3.63) is 45.6 Å². The van der Waals surface area contributed by atoms with Gasteiger partial charge in [-0.2, -0.15) is 0 Å². The molecule has 6 rings (SSSR count). The summed E-state index contributed by atoms with van der Waals surface area (Å²) in [6.45, 7) is 1.10. The third kappa shape index (κ3) is 5.16. The lowest BCUT2D eigenvalue weighted by atomic mass is 9.88. The first kappa shape index (κ1) is 26.9. The molecule has 1 aromatic carbocycles. The van der Waals surface area contributed by atoms with Gasteiger partial charge in [-0.25, -0.2) is 22.5 Å². The van der Waals surface area contributed by atoms with Crippen LogP contribution in [0, 0.1) is 11.6 Å². The number of anilines is 1. The number of aliphatic hydroxyl groups excluding tert-OH is 1. The highest BCUT2D eigenvalue weighted by Crippen LogP contribution is 2.48. The maximum atomic E-state index is 15.8. The average Bonchev–Trinajstić information content (AvgIpc) is 3.54. The van der Waals surface area contributed by atoms with E-state index in [0.717, 1.165) is 28.1 Å². The van der Waals surface area contributed by atoms with Crippen LogP contribution in [0.25, 0.3) is 10.3 Å². The molecule has 1 aliphatic carbocycles. The van der Waals surface area contributed by atoms with Crippen LogP contribution in [-0.2, 0) is 6.42 Å². The molecule has 2 aromatic heterocycles. The lowest BCUT2D eigenvalue weighted by Crippen LogP contribution is -2.54. The third-order valence-corrected chi connectivity index (χ3v) is 9.30. The first-order valence-electron chi connectivity index (χ1n) is 13.5. The second-order valence-corrected chi connectivity index (χ2v) is 12.2. The van der Waals surface area contributed by atoms with Crippen molar-refractivity contribution in [3.8, 4) is 0 Å². The van der Waals surface area contributed by atoms with Crippen LogP contribution in [0.4, 0.5) is 27.6 Å². The van der Waals surface area contributed by atoms with Gasteiger partial charge in [0.1, 0.15) is 23.9 Å². The Morgan fingerprint density at radius 2 is 1.92 bits per heavy atom. The Labute approximate surface area is 227 Å². The molecule has 0 radical (unpaired) electrons. The normalized spacial score (nSPS) is 22.8. The van der Waals surface area contributed by atoms with Crippen molar-refractivity contribution in [3.63, 3.8) is 0 Å². The van der Waals surface area contributed by atoms with Crippen molar-refractivity contribution in [2.75, 3.05) is 44.8 Å². The van der Waals surface area contributed by atoms with Gasteiger partial charge in [-0.15, -0.1) is 11.3 Å². The number of thiazole rings is 1. The van der Waals surface area contributed by atoms with Gasteiger partial charge in [0.25, 0.3) is 5.92 Å². The summed E-state index contributed by atoms with van der Waals surface area (Å²) in [4.78, 5) is 11.4. The Morgan fingerprint density at radius 3 is 2.56 bits per heavy atom. The summed E-state index contributed by atoms with van der Waals surface area (Å²) in [6.07, 6.45) is 3.05. The van der Waals surface area contributed by atoms with Gasteiger partial charge in [-0.3, -0.25) is 14.2 Å². The van der Waals surface area contributed by atoms with Gasteiger partial charge in [0, 0.05) is 48.5 Å². The lowest BCUT2D eigenvalue weighted by molar-refractivity contribution is -0.0869. The fraction of sp³-hybridized carbons (Fsp3) is 0.593. The number of aromatic amines is 1. The van der Waals surface area contributed by atoms with Crippen LogP contribution in [0.3, 0.4) is 0 Å². The van der Waals surface area contributed by atoms with Crippen LogP contribution < -0.4 is 5.32 Å². The maximum Gasteiger partial charge on any atom is 0.283 e. The number of H-pyrrole nitrogens is 1. The summed E-state index contributed by atoms with van der Waals surface area (Å²) in [5, 5.41) is 13.4. The number of alkyl halides is 3. The van der Waals surface area contributed by atoms with Crippen molar-refractivity contribution in [1.82, 2.24) is 19.8 Å². The number of fused-ring (bicyclic) bond motifs is 3. The number of nitrogens with zero attached hydrogens (tertiary/aromatic N) is 3. The van der Waals surface area contributed by atoms with Crippen LogP contribution in [0.1, 0.15) is 60.0 Å². The summed E-state index contributed by atoms with van der Waals surface area (Å²) in [6, 6.07) is 0.794. The number of halogens is 5. The van der Waals surface area contributed by atoms with E-state index in [9.17, 15) is 18.3 Å². The van der Waals surface area contributed by atoms with E-state index in [1.807, 2.05) is 0 Å². The van der Waals surface area contributed by atoms with Crippen molar-refractivity contribution >= 4 is 27.4 Å². The quantitative estimate of drug-likeness (QED) is 0.293. The number of hydrogen-bond acceptors (Lipinski definition) is 6. The van der Waals surface area contributed by atoms with Crippen LogP contribution in [0.15, 0.2) is 12.1 Å². The number of rotatable bonds is 10. The van der Waals surface area contributed by atoms with Crippen molar-refractivity contribution in [1.29, 1.82) is 0 Å². The largest absolute Gasteiger partial charge is 0.390 e. The van der Waals surface area contributed by atoms with E-state index in [2.05, 4.69) is 15.2 Å². The van der Waals surface area contributed by atoms with Crippen LogP contribution >= 0.6 is 11.3 Å². The number of hydrogen-bond donors (Lipinski definition) is 3. The minimum atomic E-state index is -3.45. The predicted molar refractivity (Wildman–Crippen MR) is 140 cm³/mol. The summed E-state index contributed by atoms with van der Waals surface area (Å²) < 4.78 is 73.8. The molecule has 3 aromatic rings. The highest BCUT2D eigenvalue weighted by atomic mass is 32.1. The van der Waals surface area contributed by atoms with E-state index in [1.165, 1.54) is 17.0 Å². The van der Waals surface area contributed by atoms with E-state index in [4.69, 9.17) is 4.98 Å². The molecule has 1 saturated carbocycles. The summed E-state index contributed by atoms with van der Waals surface area (Å²) in [5.74, 6) is -4.67. The van der Waals surface area contributed by atoms with Gasteiger partial charge in [0.2, 0.25) is 0 Å². The molecule has 4 heterocycles. The minimum Gasteiger partial charge on any atom is -0.390 e. The van der Waals surface area contributed by atoms with E-state index >= 15 is 8.78 Å². The van der Waals surface area contributed by atoms with Crippen molar-refractivity contribution in [2.45, 2.75) is 62.6 Å². The zero-order chi connectivity index (χ0) is 27.5. The monoisotopic (exact) mass is 569 g/mol. The lowest BCUT2D eigenvalue weighted by Gasteiger charge is -2.42. The fourth-order valence-corrected chi connectivity index (χ4v) is 7.15. The van der Waals surface area contributed by atoms with Gasteiger partial charge >= 0.3 is 0 Å². The smallest absolute Gasteiger partial charge is 0.283 e. The minimum absolute atomic E-state index is 0.0164. The van der Waals surface area contributed by atoms with Gasteiger partial charge in [-0.1, -0.05) is 0 Å².